The lowest BCUT2D eigenvalue weighted by atomic mass is 9.88. The molecule has 2 N–H and O–H groups in total. The van der Waals surface area contributed by atoms with Gasteiger partial charge in [0.05, 0.1) is 0 Å². The van der Waals surface area contributed by atoms with E-state index in [0.717, 1.165) is 19.4 Å². The molecule has 0 unspecified atom stereocenters. The monoisotopic (exact) mass is 215 g/mol. The summed E-state index contributed by atoms with van der Waals surface area (Å²) in [4.78, 5) is 11.4. The summed E-state index contributed by atoms with van der Waals surface area (Å²) in [6, 6.07) is 0. The topological polar surface area (TPSA) is 49.3 Å². The molecule has 0 heterocycles. The van der Waals surface area contributed by atoms with Crippen LogP contribution in [0.15, 0.2) is 0 Å². The number of carbonyl (C=O) groups is 1. The summed E-state index contributed by atoms with van der Waals surface area (Å²) in [7, 11) is 0. The average Bonchev–Trinajstić information content (AvgIpc) is 2.14. The van der Waals surface area contributed by atoms with E-state index in [-0.39, 0.29) is 0 Å². The molecule has 90 valence electrons. The van der Waals surface area contributed by atoms with Gasteiger partial charge in [-0.2, -0.15) is 0 Å². The van der Waals surface area contributed by atoms with Gasteiger partial charge < -0.3 is 10.4 Å². The third-order valence-electron chi connectivity index (χ3n) is 2.61. The SMILES string of the molecule is CCCC(CCC)(NCC(C)C)C(=O)O. The zero-order valence-corrected chi connectivity index (χ0v) is 10.5. The maximum absolute atomic E-state index is 11.4. The second kappa shape index (κ2) is 6.83. The zero-order valence-electron chi connectivity index (χ0n) is 10.5. The number of nitrogens with one attached hydrogen (secondary N) is 1. The van der Waals surface area contributed by atoms with Crippen LogP contribution in [0.2, 0.25) is 0 Å². The van der Waals surface area contributed by atoms with Crippen molar-refractivity contribution in [3.05, 3.63) is 0 Å². The van der Waals surface area contributed by atoms with Crippen LogP contribution in [0.25, 0.3) is 0 Å². The van der Waals surface area contributed by atoms with Crippen LogP contribution in [0.1, 0.15) is 53.4 Å². The first kappa shape index (κ1) is 14.4. The van der Waals surface area contributed by atoms with Crippen LogP contribution in [0.5, 0.6) is 0 Å². The molecule has 0 bridgehead atoms. The number of carboxylic acid groups (broad SMARTS) is 1. The van der Waals surface area contributed by atoms with Gasteiger partial charge in [0.25, 0.3) is 0 Å². The summed E-state index contributed by atoms with van der Waals surface area (Å²) in [5, 5.41) is 12.6. The highest BCUT2D eigenvalue weighted by Gasteiger charge is 2.35. The number of aliphatic carboxylic acids is 1. The molecular weight excluding hydrogens is 190 g/mol. The number of hydrogen-bond donors (Lipinski definition) is 2. The van der Waals surface area contributed by atoms with Crippen molar-refractivity contribution >= 4 is 5.97 Å². The van der Waals surface area contributed by atoms with E-state index in [1.807, 2.05) is 13.8 Å². The molecule has 0 aromatic heterocycles. The van der Waals surface area contributed by atoms with Crippen LogP contribution >= 0.6 is 0 Å². The average molecular weight is 215 g/mol. The Balaban J connectivity index is 4.54. The van der Waals surface area contributed by atoms with Crippen molar-refractivity contribution in [3.63, 3.8) is 0 Å². The molecule has 3 heteroatoms. The minimum Gasteiger partial charge on any atom is -0.480 e. The van der Waals surface area contributed by atoms with Crippen LogP contribution < -0.4 is 5.32 Å². The summed E-state index contributed by atoms with van der Waals surface area (Å²) in [6.07, 6.45) is 3.22. The predicted molar refractivity (Wildman–Crippen MR) is 63.0 cm³/mol. The van der Waals surface area contributed by atoms with Gasteiger partial charge in [-0.25, -0.2) is 0 Å². The Labute approximate surface area is 93.3 Å². The minimum absolute atomic E-state index is 0.484. The molecule has 0 aromatic carbocycles. The van der Waals surface area contributed by atoms with Gasteiger partial charge in [0.15, 0.2) is 0 Å². The van der Waals surface area contributed by atoms with Crippen LogP contribution in [-0.2, 0) is 4.79 Å². The number of carboxylic acids is 1. The van der Waals surface area contributed by atoms with Crippen molar-refractivity contribution in [3.8, 4) is 0 Å². The molecule has 0 radical (unpaired) electrons. The maximum Gasteiger partial charge on any atom is 0.323 e. The smallest absolute Gasteiger partial charge is 0.323 e. The van der Waals surface area contributed by atoms with E-state index in [4.69, 9.17) is 0 Å². The predicted octanol–water partition coefficient (Wildman–Crippen LogP) is 2.66. The molecule has 0 aromatic rings. The quantitative estimate of drug-likeness (QED) is 0.654. The second-order valence-electron chi connectivity index (χ2n) is 4.66. The molecule has 0 aliphatic heterocycles. The van der Waals surface area contributed by atoms with Gasteiger partial charge >= 0.3 is 5.97 Å². The number of rotatable bonds is 8. The van der Waals surface area contributed by atoms with Crippen molar-refractivity contribution in [2.75, 3.05) is 6.54 Å². The highest BCUT2D eigenvalue weighted by atomic mass is 16.4. The van der Waals surface area contributed by atoms with Gasteiger partial charge in [0, 0.05) is 0 Å². The third-order valence-corrected chi connectivity index (χ3v) is 2.61. The van der Waals surface area contributed by atoms with Gasteiger partial charge in [-0.1, -0.05) is 40.5 Å². The minimum atomic E-state index is -0.702. The lowest BCUT2D eigenvalue weighted by Gasteiger charge is -2.31. The molecule has 15 heavy (non-hydrogen) atoms. The van der Waals surface area contributed by atoms with E-state index in [9.17, 15) is 9.90 Å². The van der Waals surface area contributed by atoms with Gasteiger partial charge in [0.2, 0.25) is 0 Å². The Kier molecular flexibility index (Phi) is 6.57. The summed E-state index contributed by atoms with van der Waals surface area (Å²) in [6.45, 7) is 9.02. The third kappa shape index (κ3) is 4.65. The molecule has 3 nitrogen and oxygen atoms in total. The van der Waals surface area contributed by atoms with Crippen molar-refractivity contribution < 1.29 is 9.90 Å². The molecular formula is C12H25NO2. The Hall–Kier alpha value is -0.570. The van der Waals surface area contributed by atoms with Gasteiger partial charge in [-0.3, -0.25) is 4.79 Å². The standard InChI is InChI=1S/C12H25NO2/c1-5-7-12(8-6-2,11(14)15)13-9-10(3)4/h10,13H,5-9H2,1-4H3,(H,14,15). The van der Waals surface area contributed by atoms with E-state index < -0.39 is 11.5 Å². The van der Waals surface area contributed by atoms with Crippen molar-refractivity contribution in [2.45, 2.75) is 58.9 Å². The zero-order chi connectivity index (χ0) is 11.9. The fraction of sp³-hybridized carbons (Fsp3) is 0.917. The van der Waals surface area contributed by atoms with E-state index in [1.165, 1.54) is 0 Å². The van der Waals surface area contributed by atoms with E-state index >= 15 is 0 Å². The maximum atomic E-state index is 11.4. The molecule has 0 saturated heterocycles. The van der Waals surface area contributed by atoms with Crippen molar-refractivity contribution in [2.24, 2.45) is 5.92 Å². The van der Waals surface area contributed by atoms with Gasteiger partial charge in [-0.15, -0.1) is 0 Å². The summed E-state index contributed by atoms with van der Waals surface area (Å²) >= 11 is 0. The van der Waals surface area contributed by atoms with Crippen molar-refractivity contribution in [1.82, 2.24) is 5.32 Å². The lowest BCUT2D eigenvalue weighted by molar-refractivity contribution is -0.145. The highest BCUT2D eigenvalue weighted by Crippen LogP contribution is 2.20. The largest absolute Gasteiger partial charge is 0.480 e. The first-order valence-corrected chi connectivity index (χ1v) is 5.97. The van der Waals surface area contributed by atoms with Gasteiger partial charge in [-0.05, 0) is 25.3 Å². The van der Waals surface area contributed by atoms with Crippen LogP contribution in [0.3, 0.4) is 0 Å². The van der Waals surface area contributed by atoms with E-state index in [1.54, 1.807) is 0 Å². The normalized spacial score (nSPS) is 12.1. The molecule has 0 fully saturated rings. The fourth-order valence-corrected chi connectivity index (χ4v) is 1.84. The Bertz CT molecular complexity index is 184. The Morgan fingerprint density at radius 2 is 1.73 bits per heavy atom. The summed E-state index contributed by atoms with van der Waals surface area (Å²) < 4.78 is 0. The first-order valence-electron chi connectivity index (χ1n) is 5.97. The molecule has 0 atom stereocenters. The Morgan fingerprint density at radius 3 is 2.00 bits per heavy atom. The van der Waals surface area contributed by atoms with Crippen LogP contribution in [-0.4, -0.2) is 23.2 Å². The van der Waals surface area contributed by atoms with E-state index in [0.29, 0.717) is 18.8 Å². The Morgan fingerprint density at radius 1 is 1.27 bits per heavy atom. The summed E-state index contributed by atoms with van der Waals surface area (Å²) in [5.74, 6) is -0.218. The number of hydrogen-bond acceptors (Lipinski definition) is 2. The molecule has 0 aliphatic rings. The molecule has 0 aliphatic carbocycles. The van der Waals surface area contributed by atoms with E-state index in [2.05, 4.69) is 19.2 Å². The molecule has 0 spiro atoms. The molecule has 0 amide bonds. The second-order valence-corrected chi connectivity index (χ2v) is 4.66. The van der Waals surface area contributed by atoms with Crippen molar-refractivity contribution in [1.29, 1.82) is 0 Å². The van der Waals surface area contributed by atoms with Crippen LogP contribution in [0, 0.1) is 5.92 Å². The fourth-order valence-electron chi connectivity index (χ4n) is 1.84. The first-order chi connectivity index (χ1) is 6.98. The molecule has 0 saturated carbocycles. The lowest BCUT2D eigenvalue weighted by Crippen LogP contribution is -2.53. The molecule has 0 rings (SSSR count). The summed E-state index contributed by atoms with van der Waals surface area (Å²) in [5.41, 5.74) is -0.701. The van der Waals surface area contributed by atoms with Gasteiger partial charge in [0.1, 0.15) is 5.54 Å². The highest BCUT2D eigenvalue weighted by molar-refractivity contribution is 5.78. The van der Waals surface area contributed by atoms with Crippen LogP contribution in [0.4, 0.5) is 0 Å².